The molecule has 0 bridgehead atoms. The molecular weight excluding hydrogens is 246 g/mol. The fourth-order valence-electron chi connectivity index (χ4n) is 1.79. The quantitative estimate of drug-likeness (QED) is 0.875. The van der Waals surface area contributed by atoms with Crippen LogP contribution in [-0.4, -0.2) is 27.1 Å². The molecule has 0 aliphatic heterocycles. The summed E-state index contributed by atoms with van der Waals surface area (Å²) >= 11 is 0. The van der Waals surface area contributed by atoms with Crippen LogP contribution in [-0.2, 0) is 11.2 Å². The van der Waals surface area contributed by atoms with E-state index in [2.05, 4.69) is 4.98 Å². The van der Waals surface area contributed by atoms with E-state index in [1.165, 1.54) is 6.20 Å². The predicted octanol–water partition coefficient (Wildman–Crippen LogP) is 2.07. The summed E-state index contributed by atoms with van der Waals surface area (Å²) in [4.78, 5) is 25.6. The molecule has 0 fully saturated rings. The highest BCUT2D eigenvalue weighted by Gasteiger charge is 2.15. The number of pyridine rings is 1. The first-order valence-corrected chi connectivity index (χ1v) is 5.57. The van der Waals surface area contributed by atoms with Gasteiger partial charge in [0.2, 0.25) is 0 Å². The third kappa shape index (κ3) is 2.95. The first-order valence-electron chi connectivity index (χ1n) is 5.57. The first kappa shape index (κ1) is 12.8. The summed E-state index contributed by atoms with van der Waals surface area (Å²) in [5.74, 6) is -2.31. The Morgan fingerprint density at radius 3 is 2.32 bits per heavy atom. The van der Waals surface area contributed by atoms with Crippen LogP contribution >= 0.6 is 0 Å². The van der Waals surface area contributed by atoms with Gasteiger partial charge in [0.05, 0.1) is 6.42 Å². The van der Waals surface area contributed by atoms with Crippen molar-refractivity contribution in [1.29, 1.82) is 0 Å². The predicted molar refractivity (Wildman–Crippen MR) is 68.0 cm³/mol. The monoisotopic (exact) mass is 257 g/mol. The molecule has 1 aromatic heterocycles. The van der Waals surface area contributed by atoms with Gasteiger partial charge in [-0.15, -0.1) is 0 Å². The lowest BCUT2D eigenvalue weighted by atomic mass is 10.0. The van der Waals surface area contributed by atoms with Gasteiger partial charge in [-0.05, 0) is 17.2 Å². The lowest BCUT2D eigenvalue weighted by Gasteiger charge is -2.06. The molecule has 0 aliphatic carbocycles. The van der Waals surface area contributed by atoms with Crippen LogP contribution < -0.4 is 0 Å². The van der Waals surface area contributed by atoms with E-state index in [9.17, 15) is 9.59 Å². The number of aromatic carboxylic acids is 1. The molecule has 2 N–H and O–H groups in total. The maximum Gasteiger partial charge on any atom is 0.354 e. The van der Waals surface area contributed by atoms with Crippen LogP contribution in [0.25, 0.3) is 11.1 Å². The number of hydrogen-bond donors (Lipinski definition) is 2. The highest BCUT2D eigenvalue weighted by atomic mass is 16.4. The second kappa shape index (κ2) is 5.30. The highest BCUT2D eigenvalue weighted by molar-refractivity contribution is 5.89. The number of hydrogen-bond acceptors (Lipinski definition) is 3. The van der Waals surface area contributed by atoms with E-state index in [1.54, 1.807) is 6.07 Å². The van der Waals surface area contributed by atoms with Gasteiger partial charge >= 0.3 is 11.9 Å². The van der Waals surface area contributed by atoms with E-state index in [4.69, 9.17) is 10.2 Å². The normalized spacial score (nSPS) is 10.1. The third-order valence-corrected chi connectivity index (χ3v) is 2.62. The molecule has 0 saturated carbocycles. The molecule has 5 nitrogen and oxygen atoms in total. The molecule has 0 amide bonds. The minimum atomic E-state index is -1.23. The zero-order chi connectivity index (χ0) is 13.8. The van der Waals surface area contributed by atoms with Crippen LogP contribution in [0.5, 0.6) is 0 Å². The number of carboxylic acids is 2. The van der Waals surface area contributed by atoms with E-state index >= 15 is 0 Å². The minimum absolute atomic E-state index is 0.196. The number of nitrogens with zero attached hydrogens (tertiary/aromatic N) is 1. The van der Waals surface area contributed by atoms with Crippen molar-refractivity contribution >= 4 is 11.9 Å². The van der Waals surface area contributed by atoms with Crippen molar-refractivity contribution in [3.63, 3.8) is 0 Å². The number of benzene rings is 1. The zero-order valence-electron chi connectivity index (χ0n) is 9.91. The van der Waals surface area contributed by atoms with Crippen LogP contribution in [0, 0.1) is 0 Å². The molecule has 2 rings (SSSR count). The van der Waals surface area contributed by atoms with Crippen molar-refractivity contribution in [3.8, 4) is 11.1 Å². The Balaban J connectivity index is 2.49. The summed E-state index contributed by atoms with van der Waals surface area (Å²) in [6, 6.07) is 10.8. The molecule has 0 radical (unpaired) electrons. The fraction of sp³-hybridized carbons (Fsp3) is 0.0714. The van der Waals surface area contributed by atoms with Gasteiger partial charge in [-0.2, -0.15) is 0 Å². The Kier molecular flexibility index (Phi) is 3.56. The van der Waals surface area contributed by atoms with Gasteiger partial charge in [0, 0.05) is 11.8 Å². The van der Waals surface area contributed by atoms with Gasteiger partial charge in [-0.1, -0.05) is 30.3 Å². The van der Waals surface area contributed by atoms with Gasteiger partial charge < -0.3 is 10.2 Å². The Morgan fingerprint density at radius 2 is 1.74 bits per heavy atom. The second-order valence-electron chi connectivity index (χ2n) is 3.97. The molecule has 0 spiro atoms. The average Bonchev–Trinajstić information content (AvgIpc) is 2.38. The Bertz CT molecular complexity index is 623. The molecule has 0 saturated heterocycles. The molecule has 1 aromatic carbocycles. The van der Waals surface area contributed by atoms with Crippen molar-refractivity contribution in [2.75, 3.05) is 0 Å². The topological polar surface area (TPSA) is 87.5 Å². The number of aliphatic carboxylic acids is 1. The molecule has 19 heavy (non-hydrogen) atoms. The summed E-state index contributed by atoms with van der Waals surface area (Å²) in [5.41, 5.74) is 1.53. The van der Waals surface area contributed by atoms with Gasteiger partial charge in [-0.25, -0.2) is 9.78 Å². The van der Waals surface area contributed by atoms with Gasteiger partial charge in [0.15, 0.2) is 5.69 Å². The van der Waals surface area contributed by atoms with Crippen LogP contribution in [0.2, 0.25) is 0 Å². The van der Waals surface area contributed by atoms with E-state index in [1.807, 2.05) is 30.3 Å². The maximum atomic E-state index is 11.0. The molecule has 96 valence electrons. The van der Waals surface area contributed by atoms with Crippen LogP contribution in [0.3, 0.4) is 0 Å². The van der Waals surface area contributed by atoms with Gasteiger partial charge in [-0.3, -0.25) is 4.79 Å². The Morgan fingerprint density at radius 1 is 1.05 bits per heavy atom. The molecule has 5 heteroatoms. The minimum Gasteiger partial charge on any atom is -0.481 e. The van der Waals surface area contributed by atoms with Crippen molar-refractivity contribution in [2.45, 2.75) is 6.42 Å². The first-order chi connectivity index (χ1) is 9.08. The largest absolute Gasteiger partial charge is 0.481 e. The van der Waals surface area contributed by atoms with Crippen molar-refractivity contribution in [1.82, 2.24) is 4.98 Å². The van der Waals surface area contributed by atoms with Gasteiger partial charge in [0.1, 0.15) is 0 Å². The summed E-state index contributed by atoms with van der Waals surface area (Å²) < 4.78 is 0. The number of aromatic nitrogens is 1. The maximum absolute atomic E-state index is 11.0. The molecule has 1 heterocycles. The number of carbonyl (C=O) groups is 2. The molecule has 0 unspecified atom stereocenters. The van der Waals surface area contributed by atoms with Crippen LogP contribution in [0.15, 0.2) is 42.6 Å². The SMILES string of the molecule is O=C(O)Cc1cc(-c2ccccc2)cnc1C(=O)O. The summed E-state index contributed by atoms with van der Waals surface area (Å²) in [6.45, 7) is 0. The second-order valence-corrected chi connectivity index (χ2v) is 3.97. The summed E-state index contributed by atoms with van der Waals surface area (Å²) in [5, 5.41) is 17.8. The average molecular weight is 257 g/mol. The lowest BCUT2D eigenvalue weighted by Crippen LogP contribution is -2.10. The van der Waals surface area contributed by atoms with Crippen LogP contribution in [0.1, 0.15) is 16.1 Å². The Hall–Kier alpha value is -2.69. The van der Waals surface area contributed by atoms with E-state index in [0.717, 1.165) is 5.56 Å². The zero-order valence-corrected chi connectivity index (χ0v) is 9.91. The summed E-state index contributed by atoms with van der Waals surface area (Å²) in [6.07, 6.45) is 1.07. The van der Waals surface area contributed by atoms with Crippen molar-refractivity contribution in [3.05, 3.63) is 53.9 Å². The van der Waals surface area contributed by atoms with E-state index in [-0.39, 0.29) is 17.7 Å². The third-order valence-electron chi connectivity index (χ3n) is 2.62. The highest BCUT2D eigenvalue weighted by Crippen LogP contribution is 2.21. The van der Waals surface area contributed by atoms with Gasteiger partial charge in [0.25, 0.3) is 0 Å². The standard InChI is InChI=1S/C14H11NO4/c16-12(17)7-10-6-11(8-15-13(10)14(18)19)9-4-2-1-3-5-9/h1-6,8H,7H2,(H,16,17)(H,18,19). The van der Waals surface area contributed by atoms with E-state index in [0.29, 0.717) is 5.56 Å². The fourth-order valence-corrected chi connectivity index (χ4v) is 1.79. The number of rotatable bonds is 4. The Labute approximate surface area is 109 Å². The van der Waals surface area contributed by atoms with E-state index < -0.39 is 11.9 Å². The summed E-state index contributed by atoms with van der Waals surface area (Å²) in [7, 11) is 0. The molecule has 2 aromatic rings. The van der Waals surface area contributed by atoms with Crippen molar-refractivity contribution in [2.24, 2.45) is 0 Å². The molecular formula is C14H11NO4. The smallest absolute Gasteiger partial charge is 0.354 e. The lowest BCUT2D eigenvalue weighted by molar-refractivity contribution is -0.136. The van der Waals surface area contributed by atoms with Crippen LogP contribution in [0.4, 0.5) is 0 Å². The van der Waals surface area contributed by atoms with Crippen molar-refractivity contribution < 1.29 is 19.8 Å². The molecule has 0 atom stereocenters. The number of carboxylic acid groups (broad SMARTS) is 2. The molecule has 0 aliphatic rings.